The van der Waals surface area contributed by atoms with E-state index in [1.54, 1.807) is 6.92 Å². The van der Waals surface area contributed by atoms with Gasteiger partial charge in [-0.2, -0.15) is 0 Å². The number of aliphatic hydroxyl groups excluding tert-OH is 1. The molecule has 1 heterocycles. The molecular formula is C15H20O4. The second-order valence-electron chi connectivity index (χ2n) is 6.37. The van der Waals surface area contributed by atoms with Gasteiger partial charge >= 0.3 is 5.97 Å². The molecule has 0 radical (unpaired) electrons. The van der Waals surface area contributed by atoms with Gasteiger partial charge in [0.05, 0.1) is 0 Å². The highest BCUT2D eigenvalue weighted by Gasteiger charge is 2.63. The number of hydrogen-bond donors (Lipinski definition) is 2. The van der Waals surface area contributed by atoms with Gasteiger partial charge in [-0.3, -0.25) is 0 Å². The van der Waals surface area contributed by atoms with Gasteiger partial charge in [0.2, 0.25) is 0 Å². The fraction of sp³-hybridized carbons (Fsp3) is 0.667. The van der Waals surface area contributed by atoms with Gasteiger partial charge < -0.3 is 14.9 Å². The number of hydrogen-bond acceptors (Lipinski definition) is 4. The number of ether oxygens (including phenoxy) is 1. The molecule has 0 unspecified atom stereocenters. The van der Waals surface area contributed by atoms with E-state index in [4.69, 9.17) is 4.74 Å². The van der Waals surface area contributed by atoms with Crippen molar-refractivity contribution in [2.45, 2.75) is 51.4 Å². The van der Waals surface area contributed by atoms with Gasteiger partial charge in [0.15, 0.2) is 0 Å². The van der Waals surface area contributed by atoms with Gasteiger partial charge in [-0.1, -0.05) is 19.1 Å². The molecular weight excluding hydrogens is 244 g/mol. The zero-order valence-electron chi connectivity index (χ0n) is 11.4. The summed E-state index contributed by atoms with van der Waals surface area (Å²) in [6.07, 6.45) is 2.18. The van der Waals surface area contributed by atoms with Crippen LogP contribution in [0.25, 0.3) is 0 Å². The molecule has 1 aliphatic heterocycles. The van der Waals surface area contributed by atoms with Crippen molar-refractivity contribution in [1.29, 1.82) is 0 Å². The van der Waals surface area contributed by atoms with Crippen LogP contribution in [-0.4, -0.2) is 28.1 Å². The van der Waals surface area contributed by atoms with Crippen molar-refractivity contribution in [3.8, 4) is 0 Å². The average Bonchev–Trinajstić information content (AvgIpc) is 2.56. The van der Waals surface area contributed by atoms with Crippen LogP contribution in [0, 0.1) is 11.3 Å². The fourth-order valence-electron chi connectivity index (χ4n) is 4.06. The molecule has 4 heteroatoms. The monoisotopic (exact) mass is 264 g/mol. The Morgan fingerprint density at radius 2 is 2.16 bits per heavy atom. The quantitative estimate of drug-likeness (QED) is 0.516. The molecule has 2 N–H and O–H groups in total. The summed E-state index contributed by atoms with van der Waals surface area (Å²) in [7, 11) is 0. The Kier molecular flexibility index (Phi) is 2.51. The van der Waals surface area contributed by atoms with Crippen molar-refractivity contribution in [3.05, 3.63) is 23.3 Å². The van der Waals surface area contributed by atoms with E-state index in [2.05, 4.69) is 6.58 Å². The maximum absolute atomic E-state index is 11.7. The number of aliphatic hydroxyl groups is 2. The van der Waals surface area contributed by atoms with Crippen molar-refractivity contribution in [2.24, 2.45) is 11.3 Å². The molecule has 0 saturated heterocycles. The summed E-state index contributed by atoms with van der Waals surface area (Å²) in [5.74, 6) is -2.25. The molecule has 0 aromatic rings. The van der Waals surface area contributed by atoms with E-state index in [1.807, 2.05) is 6.92 Å². The van der Waals surface area contributed by atoms with Crippen molar-refractivity contribution in [2.75, 3.05) is 0 Å². The Bertz CT molecular complexity index is 506. The van der Waals surface area contributed by atoms with Crippen LogP contribution >= 0.6 is 0 Å². The number of allylic oxidation sites excluding steroid dienone is 1. The topological polar surface area (TPSA) is 66.8 Å². The molecule has 0 aromatic heterocycles. The molecule has 2 saturated carbocycles. The van der Waals surface area contributed by atoms with E-state index in [1.165, 1.54) is 0 Å². The summed E-state index contributed by atoms with van der Waals surface area (Å²) < 4.78 is 5.09. The highest BCUT2D eigenvalue weighted by atomic mass is 16.7. The molecule has 4 nitrogen and oxygen atoms in total. The summed E-state index contributed by atoms with van der Waals surface area (Å²) >= 11 is 0. The summed E-state index contributed by atoms with van der Waals surface area (Å²) in [6.45, 7) is 7.73. The molecule has 0 aromatic carbocycles. The number of carbonyl (C=O) groups is 1. The van der Waals surface area contributed by atoms with Crippen LogP contribution in [0.15, 0.2) is 23.3 Å². The van der Waals surface area contributed by atoms with E-state index in [0.29, 0.717) is 17.6 Å². The molecule has 0 amide bonds. The van der Waals surface area contributed by atoms with Crippen LogP contribution in [0.5, 0.6) is 0 Å². The predicted molar refractivity (Wildman–Crippen MR) is 69.0 cm³/mol. The van der Waals surface area contributed by atoms with Gasteiger partial charge in [0.1, 0.15) is 6.10 Å². The standard InChI is InChI=1S/C15H20O4/c1-8-5-4-6-14(3)10(8)7-11-9(2)12(16)19-15(11,18)13(14)17/h10,13,17-18H,1,4-7H2,2-3H3/t10-,13-,14-,15+/m0/s1. The van der Waals surface area contributed by atoms with Crippen molar-refractivity contribution in [1.82, 2.24) is 0 Å². The van der Waals surface area contributed by atoms with Crippen LogP contribution in [0.4, 0.5) is 0 Å². The Labute approximate surface area is 112 Å². The molecule has 3 aliphatic rings. The van der Waals surface area contributed by atoms with Crippen LogP contribution in [-0.2, 0) is 9.53 Å². The minimum absolute atomic E-state index is 0.107. The molecule has 0 bridgehead atoms. The van der Waals surface area contributed by atoms with Crippen molar-refractivity contribution >= 4 is 5.97 Å². The van der Waals surface area contributed by atoms with Crippen LogP contribution in [0.1, 0.15) is 39.5 Å². The molecule has 2 aliphatic carbocycles. The van der Waals surface area contributed by atoms with Gasteiger partial charge in [0, 0.05) is 16.6 Å². The minimum Gasteiger partial charge on any atom is -0.423 e. The second kappa shape index (κ2) is 3.70. The van der Waals surface area contributed by atoms with Crippen LogP contribution in [0.2, 0.25) is 0 Å². The number of fused-ring (bicyclic) bond motifs is 2. The van der Waals surface area contributed by atoms with Gasteiger partial charge in [0.25, 0.3) is 5.79 Å². The Morgan fingerprint density at radius 1 is 1.47 bits per heavy atom. The summed E-state index contributed by atoms with van der Waals surface area (Å²) in [6, 6.07) is 0. The lowest BCUT2D eigenvalue weighted by atomic mass is 9.55. The summed E-state index contributed by atoms with van der Waals surface area (Å²) in [4.78, 5) is 11.7. The largest absolute Gasteiger partial charge is 0.423 e. The fourth-order valence-corrected chi connectivity index (χ4v) is 4.06. The SMILES string of the molecule is C=C1CCC[C@@]2(C)[C@H]1CC1=C(C)C(=O)O[C@@]1(O)[C@H]2O. The molecule has 2 fully saturated rings. The molecule has 4 atom stereocenters. The number of rotatable bonds is 0. The normalized spacial score (nSPS) is 45.9. The first kappa shape index (κ1) is 12.9. The number of carbonyl (C=O) groups excluding carboxylic acids is 1. The third kappa shape index (κ3) is 1.44. The maximum atomic E-state index is 11.7. The second-order valence-corrected chi connectivity index (χ2v) is 6.37. The lowest BCUT2D eigenvalue weighted by Crippen LogP contribution is -2.60. The number of esters is 1. The van der Waals surface area contributed by atoms with E-state index in [0.717, 1.165) is 24.8 Å². The zero-order valence-corrected chi connectivity index (χ0v) is 11.4. The Morgan fingerprint density at radius 3 is 2.84 bits per heavy atom. The van der Waals surface area contributed by atoms with Crippen molar-refractivity contribution < 1.29 is 19.7 Å². The first-order chi connectivity index (χ1) is 8.80. The van der Waals surface area contributed by atoms with E-state index in [-0.39, 0.29) is 5.92 Å². The smallest absolute Gasteiger partial charge is 0.336 e. The maximum Gasteiger partial charge on any atom is 0.336 e. The van der Waals surface area contributed by atoms with E-state index >= 15 is 0 Å². The minimum atomic E-state index is -1.83. The Hall–Kier alpha value is -1.13. The highest BCUT2D eigenvalue weighted by Crippen LogP contribution is 2.58. The molecule has 104 valence electrons. The first-order valence-electron chi connectivity index (χ1n) is 6.82. The lowest BCUT2D eigenvalue weighted by molar-refractivity contribution is -0.258. The van der Waals surface area contributed by atoms with Crippen molar-refractivity contribution in [3.63, 3.8) is 0 Å². The van der Waals surface area contributed by atoms with Gasteiger partial charge in [-0.25, -0.2) is 4.79 Å². The summed E-state index contributed by atoms with van der Waals surface area (Å²) in [5, 5.41) is 21.3. The average molecular weight is 264 g/mol. The van der Waals surface area contributed by atoms with Gasteiger partial charge in [-0.05, 0) is 38.5 Å². The molecule has 19 heavy (non-hydrogen) atoms. The highest BCUT2D eigenvalue weighted by molar-refractivity contribution is 5.92. The predicted octanol–water partition coefficient (Wildman–Crippen LogP) is 1.68. The molecule has 3 rings (SSSR count). The van der Waals surface area contributed by atoms with E-state index < -0.39 is 23.3 Å². The molecule has 0 spiro atoms. The lowest BCUT2D eigenvalue weighted by Gasteiger charge is -2.53. The van der Waals surface area contributed by atoms with Crippen LogP contribution in [0.3, 0.4) is 0 Å². The summed E-state index contributed by atoms with van der Waals surface area (Å²) in [5.41, 5.74) is 1.60. The third-order valence-electron chi connectivity index (χ3n) is 5.35. The zero-order chi connectivity index (χ0) is 14.0. The van der Waals surface area contributed by atoms with Crippen LogP contribution < -0.4 is 0 Å². The van der Waals surface area contributed by atoms with E-state index in [9.17, 15) is 15.0 Å². The Balaban J connectivity index is 2.11. The third-order valence-corrected chi connectivity index (χ3v) is 5.35. The first-order valence-corrected chi connectivity index (χ1v) is 6.82. The van der Waals surface area contributed by atoms with Gasteiger partial charge in [-0.15, -0.1) is 0 Å².